The van der Waals surface area contributed by atoms with E-state index in [1.165, 1.54) is 0 Å². The van der Waals surface area contributed by atoms with E-state index < -0.39 is 0 Å². The van der Waals surface area contributed by atoms with Crippen LogP contribution in [0.15, 0.2) is 36.9 Å². The smallest absolute Gasteiger partial charge is 0.227 e. The number of aromatic nitrogens is 3. The largest absolute Gasteiger partial charge is 0.337 e. The third-order valence-corrected chi connectivity index (χ3v) is 4.72. The van der Waals surface area contributed by atoms with E-state index in [1.807, 2.05) is 28.8 Å². The molecule has 24 heavy (non-hydrogen) atoms. The van der Waals surface area contributed by atoms with E-state index in [-0.39, 0.29) is 5.91 Å². The van der Waals surface area contributed by atoms with Gasteiger partial charge in [0, 0.05) is 31.4 Å². The second-order valence-corrected chi connectivity index (χ2v) is 6.87. The fourth-order valence-corrected chi connectivity index (χ4v) is 3.23. The van der Waals surface area contributed by atoms with Crippen LogP contribution in [-0.4, -0.2) is 63.2 Å². The van der Waals surface area contributed by atoms with Gasteiger partial charge in [0.25, 0.3) is 0 Å². The van der Waals surface area contributed by atoms with Crippen LogP contribution < -0.4 is 0 Å². The number of hydrogen-bond donors (Lipinski definition) is 0. The fraction of sp³-hybridized carbons (Fsp3) is 0.500. The van der Waals surface area contributed by atoms with Crippen molar-refractivity contribution < 1.29 is 4.79 Å². The number of nitrogens with zero attached hydrogens (tertiary/aromatic N) is 5. The Hall–Kier alpha value is -2.21. The first kappa shape index (κ1) is 16.6. The molecule has 0 spiro atoms. The Balaban J connectivity index is 1.67. The molecule has 128 valence electrons. The van der Waals surface area contributed by atoms with Crippen LogP contribution in [0.25, 0.3) is 5.69 Å². The standard InChI is InChI=1S/C18H25N5O/c1-14(2)17-11-21(3)8-9-23(17)18(24)10-15-4-6-16(7-5-15)22-12-19-20-13-22/h4-7,12-14,17H,8-11H2,1-3H3. The zero-order valence-corrected chi connectivity index (χ0v) is 14.6. The van der Waals surface area contributed by atoms with Crippen LogP contribution in [0.1, 0.15) is 19.4 Å². The van der Waals surface area contributed by atoms with Gasteiger partial charge in [-0.3, -0.25) is 9.36 Å². The molecule has 1 atom stereocenters. The molecule has 2 heterocycles. The van der Waals surface area contributed by atoms with Crippen LogP contribution >= 0.6 is 0 Å². The van der Waals surface area contributed by atoms with Crippen LogP contribution in [-0.2, 0) is 11.2 Å². The summed E-state index contributed by atoms with van der Waals surface area (Å²) in [7, 11) is 2.13. The molecule has 0 aliphatic carbocycles. The molecule has 1 aliphatic rings. The number of piperazine rings is 1. The van der Waals surface area contributed by atoms with Gasteiger partial charge in [0.2, 0.25) is 5.91 Å². The number of hydrogen-bond acceptors (Lipinski definition) is 4. The van der Waals surface area contributed by atoms with Crippen molar-refractivity contribution in [3.8, 4) is 5.69 Å². The lowest BCUT2D eigenvalue weighted by atomic mass is 9.98. The van der Waals surface area contributed by atoms with E-state index in [0.29, 0.717) is 18.4 Å². The molecule has 3 rings (SSSR count). The molecule has 1 saturated heterocycles. The van der Waals surface area contributed by atoms with Crippen molar-refractivity contribution >= 4 is 5.91 Å². The van der Waals surface area contributed by atoms with Gasteiger partial charge in [-0.1, -0.05) is 26.0 Å². The van der Waals surface area contributed by atoms with Crippen molar-refractivity contribution in [2.24, 2.45) is 5.92 Å². The zero-order valence-electron chi connectivity index (χ0n) is 14.6. The first-order chi connectivity index (χ1) is 11.5. The van der Waals surface area contributed by atoms with Gasteiger partial charge in [-0.05, 0) is 30.7 Å². The van der Waals surface area contributed by atoms with Crippen molar-refractivity contribution in [3.05, 3.63) is 42.5 Å². The monoisotopic (exact) mass is 327 g/mol. The summed E-state index contributed by atoms with van der Waals surface area (Å²) in [6, 6.07) is 8.31. The average molecular weight is 327 g/mol. The van der Waals surface area contributed by atoms with Gasteiger partial charge >= 0.3 is 0 Å². The van der Waals surface area contributed by atoms with E-state index in [9.17, 15) is 4.79 Å². The van der Waals surface area contributed by atoms with E-state index in [1.54, 1.807) is 12.7 Å². The number of amides is 1. The molecule has 1 unspecified atom stereocenters. The Labute approximate surface area is 143 Å². The zero-order chi connectivity index (χ0) is 17.1. The van der Waals surface area contributed by atoms with E-state index in [4.69, 9.17) is 0 Å². The summed E-state index contributed by atoms with van der Waals surface area (Å²) in [6.07, 6.45) is 3.78. The lowest BCUT2D eigenvalue weighted by Crippen LogP contribution is -2.56. The summed E-state index contributed by atoms with van der Waals surface area (Å²) >= 11 is 0. The molecule has 6 heteroatoms. The predicted molar refractivity (Wildman–Crippen MR) is 92.9 cm³/mol. The minimum absolute atomic E-state index is 0.221. The van der Waals surface area contributed by atoms with Gasteiger partial charge in [0.15, 0.2) is 0 Å². The maximum atomic E-state index is 12.8. The number of carbonyl (C=O) groups is 1. The second-order valence-electron chi connectivity index (χ2n) is 6.87. The highest BCUT2D eigenvalue weighted by Gasteiger charge is 2.30. The maximum absolute atomic E-state index is 12.8. The molecule has 2 aromatic rings. The third kappa shape index (κ3) is 3.64. The number of carbonyl (C=O) groups excluding carboxylic acids is 1. The molecule has 1 amide bonds. The van der Waals surface area contributed by atoms with E-state index in [2.05, 4.69) is 40.9 Å². The molecular formula is C18H25N5O. The van der Waals surface area contributed by atoms with Gasteiger partial charge in [-0.25, -0.2) is 0 Å². The Bertz CT molecular complexity index is 665. The van der Waals surface area contributed by atoms with Crippen molar-refractivity contribution in [2.45, 2.75) is 26.3 Å². The molecule has 0 N–H and O–H groups in total. The topological polar surface area (TPSA) is 54.3 Å². The highest BCUT2D eigenvalue weighted by molar-refractivity contribution is 5.79. The highest BCUT2D eigenvalue weighted by atomic mass is 16.2. The van der Waals surface area contributed by atoms with Gasteiger partial charge in [0.05, 0.1) is 6.42 Å². The van der Waals surface area contributed by atoms with Gasteiger partial charge in [0.1, 0.15) is 12.7 Å². The summed E-state index contributed by atoms with van der Waals surface area (Å²) in [5.41, 5.74) is 2.04. The summed E-state index contributed by atoms with van der Waals surface area (Å²) in [6.45, 7) is 7.10. The third-order valence-electron chi connectivity index (χ3n) is 4.72. The number of benzene rings is 1. The van der Waals surface area contributed by atoms with Crippen molar-refractivity contribution in [1.82, 2.24) is 24.6 Å². The molecule has 6 nitrogen and oxygen atoms in total. The molecule has 1 aromatic heterocycles. The highest BCUT2D eigenvalue weighted by Crippen LogP contribution is 2.18. The molecule has 0 radical (unpaired) electrons. The van der Waals surface area contributed by atoms with Crippen molar-refractivity contribution in [2.75, 3.05) is 26.7 Å². The minimum atomic E-state index is 0.221. The molecule has 0 bridgehead atoms. The van der Waals surface area contributed by atoms with Gasteiger partial charge < -0.3 is 9.80 Å². The Kier molecular flexibility index (Phi) is 4.94. The minimum Gasteiger partial charge on any atom is -0.337 e. The SMILES string of the molecule is CC(C)C1CN(C)CCN1C(=O)Cc1ccc(-n2cnnc2)cc1. The Morgan fingerprint density at radius 3 is 2.46 bits per heavy atom. The van der Waals surface area contributed by atoms with Crippen molar-refractivity contribution in [3.63, 3.8) is 0 Å². The molecule has 1 aromatic carbocycles. The lowest BCUT2D eigenvalue weighted by Gasteiger charge is -2.42. The Morgan fingerprint density at radius 1 is 1.17 bits per heavy atom. The van der Waals surface area contributed by atoms with Crippen LogP contribution in [0.5, 0.6) is 0 Å². The van der Waals surface area contributed by atoms with Gasteiger partial charge in [-0.15, -0.1) is 10.2 Å². The maximum Gasteiger partial charge on any atom is 0.227 e. The summed E-state index contributed by atoms with van der Waals surface area (Å²) in [5, 5.41) is 7.62. The average Bonchev–Trinajstić information content (AvgIpc) is 3.09. The van der Waals surface area contributed by atoms with Crippen LogP contribution in [0.3, 0.4) is 0 Å². The van der Waals surface area contributed by atoms with Crippen LogP contribution in [0, 0.1) is 5.92 Å². The fourth-order valence-electron chi connectivity index (χ4n) is 3.23. The first-order valence-corrected chi connectivity index (χ1v) is 8.46. The lowest BCUT2D eigenvalue weighted by molar-refractivity contribution is -0.136. The molecule has 1 aliphatic heterocycles. The summed E-state index contributed by atoms with van der Waals surface area (Å²) in [4.78, 5) is 17.2. The summed E-state index contributed by atoms with van der Waals surface area (Å²) < 4.78 is 1.85. The van der Waals surface area contributed by atoms with Crippen LogP contribution in [0.4, 0.5) is 0 Å². The number of likely N-dealkylation sites (N-methyl/N-ethyl adjacent to an activating group) is 1. The van der Waals surface area contributed by atoms with Gasteiger partial charge in [-0.2, -0.15) is 0 Å². The molecule has 1 fully saturated rings. The molecular weight excluding hydrogens is 302 g/mol. The second kappa shape index (κ2) is 7.13. The van der Waals surface area contributed by atoms with Crippen LogP contribution in [0.2, 0.25) is 0 Å². The predicted octanol–water partition coefficient (Wildman–Crippen LogP) is 1.61. The number of rotatable bonds is 4. The summed E-state index contributed by atoms with van der Waals surface area (Å²) in [5.74, 6) is 0.687. The molecule has 0 saturated carbocycles. The quantitative estimate of drug-likeness (QED) is 0.856. The Morgan fingerprint density at radius 2 is 1.83 bits per heavy atom. The van der Waals surface area contributed by atoms with E-state index >= 15 is 0 Å². The normalized spacial score (nSPS) is 19.0. The van der Waals surface area contributed by atoms with Crippen molar-refractivity contribution in [1.29, 1.82) is 0 Å². The first-order valence-electron chi connectivity index (χ1n) is 8.46. The van der Waals surface area contributed by atoms with E-state index in [0.717, 1.165) is 30.9 Å².